The second-order valence-corrected chi connectivity index (χ2v) is 7.87. The van der Waals surface area contributed by atoms with Crippen molar-refractivity contribution in [2.75, 3.05) is 11.1 Å². The molecule has 0 saturated heterocycles. The Morgan fingerprint density at radius 2 is 1.85 bits per heavy atom. The van der Waals surface area contributed by atoms with Crippen LogP contribution in [-0.2, 0) is 11.2 Å². The van der Waals surface area contributed by atoms with Crippen molar-refractivity contribution in [2.45, 2.75) is 17.6 Å². The first-order chi connectivity index (χ1) is 12.7. The molecule has 1 N–H and O–H groups in total. The number of carbonyl (C=O) groups is 1. The number of amides is 1. The topological polar surface area (TPSA) is 65.8 Å². The van der Waals surface area contributed by atoms with E-state index >= 15 is 0 Å². The van der Waals surface area contributed by atoms with Gasteiger partial charge in [-0.05, 0) is 23.6 Å². The summed E-state index contributed by atoms with van der Waals surface area (Å²) in [4.78, 5) is 16.6. The summed E-state index contributed by atoms with van der Waals surface area (Å²) in [6.07, 6.45) is 0.300. The summed E-state index contributed by atoms with van der Waals surface area (Å²) in [7, 11) is 0. The van der Waals surface area contributed by atoms with E-state index in [1.54, 1.807) is 0 Å². The highest BCUT2D eigenvalue weighted by Gasteiger charge is 2.11. The normalized spacial score (nSPS) is 10.3. The molecule has 0 aliphatic carbocycles. The van der Waals surface area contributed by atoms with Crippen LogP contribution in [-0.4, -0.2) is 16.6 Å². The second-order valence-electron chi connectivity index (χ2n) is 5.63. The molecular formula is C20H17N3OS2. The van der Waals surface area contributed by atoms with E-state index in [1.807, 2.05) is 49.4 Å². The number of hydrogen-bond acceptors (Lipinski definition) is 5. The van der Waals surface area contributed by atoms with Gasteiger partial charge in [0.25, 0.3) is 0 Å². The highest BCUT2D eigenvalue weighted by atomic mass is 32.2. The van der Waals surface area contributed by atoms with Crippen molar-refractivity contribution in [3.05, 3.63) is 65.9 Å². The lowest BCUT2D eigenvalue weighted by Gasteiger charge is -2.05. The van der Waals surface area contributed by atoms with Crippen LogP contribution in [0.15, 0.2) is 58.8 Å². The molecule has 0 spiro atoms. The summed E-state index contributed by atoms with van der Waals surface area (Å²) in [5.41, 5.74) is 4.08. The van der Waals surface area contributed by atoms with Crippen LogP contribution in [0.1, 0.15) is 11.3 Å². The lowest BCUT2D eigenvalue weighted by atomic mass is 10.0. The quantitative estimate of drug-likeness (QED) is 0.618. The molecule has 0 aliphatic rings. The van der Waals surface area contributed by atoms with Gasteiger partial charge in [0.2, 0.25) is 5.91 Å². The van der Waals surface area contributed by atoms with Crippen LogP contribution >= 0.6 is 23.1 Å². The van der Waals surface area contributed by atoms with E-state index in [0.29, 0.717) is 17.3 Å². The smallest absolute Gasteiger partial charge is 0.230 e. The fourth-order valence-electron chi connectivity index (χ4n) is 2.46. The molecule has 0 fully saturated rings. The molecule has 2 aromatic carbocycles. The predicted molar refractivity (Wildman–Crippen MR) is 107 cm³/mol. The molecule has 1 heterocycles. The van der Waals surface area contributed by atoms with E-state index in [-0.39, 0.29) is 5.91 Å². The first-order valence-corrected chi connectivity index (χ1v) is 9.87. The number of thiazole rings is 1. The number of thioether (sulfide) groups is 1. The first-order valence-electron chi connectivity index (χ1n) is 8.07. The SMILES string of the molecule is Cc1nc(NC(=O)Cc2ccc(-c3ccccc3)cc2)sc1SCC#N. The van der Waals surface area contributed by atoms with E-state index in [0.717, 1.165) is 26.6 Å². The molecule has 6 heteroatoms. The standard InChI is InChI=1S/C20H17N3OS2/c1-14-19(25-12-11-21)26-20(22-14)23-18(24)13-15-7-9-17(10-8-15)16-5-3-2-4-6-16/h2-10H,12-13H2,1H3,(H,22,23,24). The van der Waals surface area contributed by atoms with Gasteiger partial charge in [0, 0.05) is 0 Å². The lowest BCUT2D eigenvalue weighted by molar-refractivity contribution is -0.115. The Morgan fingerprint density at radius 1 is 1.15 bits per heavy atom. The van der Waals surface area contributed by atoms with Crippen molar-refractivity contribution >= 4 is 34.1 Å². The molecule has 0 radical (unpaired) electrons. The average molecular weight is 380 g/mol. The van der Waals surface area contributed by atoms with Crippen LogP contribution < -0.4 is 5.32 Å². The van der Waals surface area contributed by atoms with Crippen LogP contribution in [0, 0.1) is 18.3 Å². The molecule has 3 aromatic rings. The number of nitriles is 1. The van der Waals surface area contributed by atoms with Gasteiger partial charge in [-0.1, -0.05) is 77.7 Å². The zero-order valence-corrected chi connectivity index (χ0v) is 15.9. The molecule has 0 unspecified atom stereocenters. The van der Waals surface area contributed by atoms with Crippen LogP contribution in [0.5, 0.6) is 0 Å². The van der Waals surface area contributed by atoms with Gasteiger partial charge in [-0.3, -0.25) is 4.79 Å². The number of nitrogens with zero attached hydrogens (tertiary/aromatic N) is 2. The van der Waals surface area contributed by atoms with E-state index in [4.69, 9.17) is 5.26 Å². The highest BCUT2D eigenvalue weighted by molar-refractivity contribution is 8.01. The summed E-state index contributed by atoms with van der Waals surface area (Å²) in [5, 5.41) is 12.1. The lowest BCUT2D eigenvalue weighted by Crippen LogP contribution is -2.14. The van der Waals surface area contributed by atoms with Gasteiger partial charge in [0.15, 0.2) is 5.13 Å². The minimum atomic E-state index is -0.0944. The maximum Gasteiger partial charge on any atom is 0.230 e. The second kappa shape index (κ2) is 8.65. The summed E-state index contributed by atoms with van der Waals surface area (Å²) in [6.45, 7) is 1.88. The van der Waals surface area contributed by atoms with Gasteiger partial charge in [0.1, 0.15) is 0 Å². The van der Waals surface area contributed by atoms with E-state index in [9.17, 15) is 4.79 Å². The van der Waals surface area contributed by atoms with Crippen molar-refractivity contribution < 1.29 is 4.79 Å². The Bertz CT molecular complexity index is 928. The maximum atomic E-state index is 12.3. The first kappa shape index (κ1) is 18.2. The number of rotatable bonds is 6. The molecule has 1 aromatic heterocycles. The summed E-state index contributed by atoms with van der Waals surface area (Å²) >= 11 is 2.85. The third-order valence-electron chi connectivity index (χ3n) is 3.69. The molecule has 1 amide bonds. The third kappa shape index (κ3) is 4.72. The molecule has 26 heavy (non-hydrogen) atoms. The molecule has 0 bridgehead atoms. The number of benzene rings is 2. The summed E-state index contributed by atoms with van der Waals surface area (Å²) in [6, 6.07) is 20.2. The van der Waals surface area contributed by atoms with Crippen LogP contribution in [0.4, 0.5) is 5.13 Å². The molecule has 130 valence electrons. The van der Waals surface area contributed by atoms with Gasteiger partial charge in [-0.15, -0.1) is 0 Å². The van der Waals surface area contributed by atoms with E-state index in [1.165, 1.54) is 23.1 Å². The Kier molecular flexibility index (Phi) is 6.05. The van der Waals surface area contributed by atoms with E-state index < -0.39 is 0 Å². The largest absolute Gasteiger partial charge is 0.302 e. The minimum Gasteiger partial charge on any atom is -0.302 e. The Morgan fingerprint density at radius 3 is 2.54 bits per heavy atom. The number of hydrogen-bond donors (Lipinski definition) is 1. The molecular weight excluding hydrogens is 362 g/mol. The molecule has 3 rings (SSSR count). The van der Waals surface area contributed by atoms with Crippen LogP contribution in [0.3, 0.4) is 0 Å². The number of carbonyl (C=O) groups excluding carboxylic acids is 1. The highest BCUT2D eigenvalue weighted by Crippen LogP contribution is 2.31. The van der Waals surface area contributed by atoms with Crippen LogP contribution in [0.25, 0.3) is 11.1 Å². The zero-order chi connectivity index (χ0) is 18.4. The number of aryl methyl sites for hydroxylation is 1. The monoisotopic (exact) mass is 379 g/mol. The van der Waals surface area contributed by atoms with Crippen molar-refractivity contribution in [3.8, 4) is 17.2 Å². The maximum absolute atomic E-state index is 12.3. The number of anilines is 1. The fourth-order valence-corrected chi connectivity index (χ4v) is 4.28. The Hall–Kier alpha value is -2.62. The zero-order valence-electron chi connectivity index (χ0n) is 14.2. The van der Waals surface area contributed by atoms with Crippen molar-refractivity contribution in [1.29, 1.82) is 5.26 Å². The van der Waals surface area contributed by atoms with Crippen molar-refractivity contribution in [2.24, 2.45) is 0 Å². The summed E-state index contributed by atoms with van der Waals surface area (Å²) in [5.74, 6) is 0.285. The summed E-state index contributed by atoms with van der Waals surface area (Å²) < 4.78 is 0.967. The van der Waals surface area contributed by atoms with Gasteiger partial charge < -0.3 is 5.32 Å². The minimum absolute atomic E-state index is 0.0944. The van der Waals surface area contributed by atoms with Crippen LogP contribution in [0.2, 0.25) is 0 Å². The van der Waals surface area contributed by atoms with Crippen molar-refractivity contribution in [1.82, 2.24) is 4.98 Å². The van der Waals surface area contributed by atoms with Gasteiger partial charge in [-0.25, -0.2) is 4.98 Å². The van der Waals surface area contributed by atoms with Gasteiger partial charge >= 0.3 is 0 Å². The van der Waals surface area contributed by atoms with Gasteiger partial charge in [0.05, 0.1) is 28.1 Å². The number of aromatic nitrogens is 1. The van der Waals surface area contributed by atoms with Gasteiger partial charge in [-0.2, -0.15) is 5.26 Å². The molecule has 0 saturated carbocycles. The Balaban J connectivity index is 1.61. The number of nitrogens with one attached hydrogen (secondary N) is 1. The third-order valence-corrected chi connectivity index (χ3v) is 6.00. The molecule has 0 aliphatic heterocycles. The molecule has 0 atom stereocenters. The Labute approximate surface area is 160 Å². The average Bonchev–Trinajstić information content (AvgIpc) is 3.00. The molecule has 4 nitrogen and oxygen atoms in total. The fraction of sp³-hybridized carbons (Fsp3) is 0.150. The van der Waals surface area contributed by atoms with Crippen molar-refractivity contribution in [3.63, 3.8) is 0 Å². The van der Waals surface area contributed by atoms with E-state index in [2.05, 4.69) is 28.5 Å². The predicted octanol–water partition coefficient (Wildman–Crippen LogP) is 4.92.